The van der Waals surface area contributed by atoms with Crippen molar-refractivity contribution in [2.45, 2.75) is 56.3 Å². The van der Waals surface area contributed by atoms with Crippen molar-refractivity contribution >= 4 is 28.3 Å². The quantitative estimate of drug-likeness (QED) is 0.663. The summed E-state index contributed by atoms with van der Waals surface area (Å²) < 4.78 is 26.4. The molecule has 0 spiro atoms. The van der Waals surface area contributed by atoms with Crippen molar-refractivity contribution in [2.24, 2.45) is 0 Å². The molecule has 4 aliphatic heterocycles. The van der Waals surface area contributed by atoms with Crippen molar-refractivity contribution in [3.63, 3.8) is 0 Å². The zero-order valence-electron chi connectivity index (χ0n) is 18.1. The van der Waals surface area contributed by atoms with Gasteiger partial charge in [0.15, 0.2) is 5.82 Å². The van der Waals surface area contributed by atoms with E-state index in [-0.39, 0.29) is 11.5 Å². The van der Waals surface area contributed by atoms with Crippen LogP contribution in [-0.4, -0.2) is 78.5 Å². The van der Waals surface area contributed by atoms with Crippen LogP contribution >= 0.6 is 11.6 Å². The molecule has 0 aliphatic carbocycles. The van der Waals surface area contributed by atoms with E-state index in [1.54, 1.807) is 6.07 Å². The van der Waals surface area contributed by atoms with Crippen LogP contribution in [0, 0.1) is 5.82 Å². The fraction of sp³-hybridized carbons (Fsp3) is 0.652. The Labute approximate surface area is 192 Å². The molecular formula is C23H29ClFN5O2. The molecule has 7 nitrogen and oxygen atoms in total. The highest BCUT2D eigenvalue weighted by atomic mass is 35.5. The first-order valence-electron chi connectivity index (χ1n) is 11.8. The summed E-state index contributed by atoms with van der Waals surface area (Å²) in [5.41, 5.74) is 0.270. The number of nitrogens with one attached hydrogen (secondary N) is 1. The van der Waals surface area contributed by atoms with E-state index in [9.17, 15) is 4.39 Å². The van der Waals surface area contributed by atoms with Gasteiger partial charge in [-0.1, -0.05) is 11.6 Å². The number of hydrogen-bond donors (Lipinski definition) is 1. The predicted molar refractivity (Wildman–Crippen MR) is 121 cm³/mol. The van der Waals surface area contributed by atoms with Crippen LogP contribution in [0.15, 0.2) is 12.1 Å². The monoisotopic (exact) mass is 461 g/mol. The predicted octanol–water partition coefficient (Wildman–Crippen LogP) is 3.00. The second-order valence-corrected chi connectivity index (χ2v) is 9.96. The van der Waals surface area contributed by atoms with Gasteiger partial charge in [-0.05, 0) is 44.2 Å². The third kappa shape index (κ3) is 3.91. The van der Waals surface area contributed by atoms with E-state index in [2.05, 4.69) is 20.1 Å². The average molecular weight is 462 g/mol. The lowest BCUT2D eigenvalue weighted by Crippen LogP contribution is -2.51. The highest BCUT2D eigenvalue weighted by Crippen LogP contribution is 2.33. The maximum absolute atomic E-state index is 14.8. The minimum absolute atomic E-state index is 0.240. The van der Waals surface area contributed by atoms with Gasteiger partial charge in [-0.25, -0.2) is 4.39 Å². The summed E-state index contributed by atoms with van der Waals surface area (Å²) in [6, 6.07) is 5.27. The molecule has 2 unspecified atom stereocenters. The lowest BCUT2D eigenvalue weighted by molar-refractivity contribution is -0.0161. The third-order valence-electron chi connectivity index (χ3n) is 7.38. The number of halogens is 2. The largest absolute Gasteiger partial charge is 0.463 e. The second kappa shape index (κ2) is 8.56. The van der Waals surface area contributed by atoms with Crippen molar-refractivity contribution in [3.8, 4) is 6.01 Å². The number of morpholine rings is 1. The Morgan fingerprint density at radius 1 is 1.09 bits per heavy atom. The van der Waals surface area contributed by atoms with Gasteiger partial charge in [0.25, 0.3) is 0 Å². The average Bonchev–Trinajstić information content (AvgIpc) is 3.22. The van der Waals surface area contributed by atoms with E-state index >= 15 is 0 Å². The van der Waals surface area contributed by atoms with Crippen LogP contribution in [-0.2, 0) is 4.74 Å². The number of nitrogens with zero attached hydrogens (tertiary/aromatic N) is 4. The number of hydrogen-bond acceptors (Lipinski definition) is 7. The highest BCUT2D eigenvalue weighted by Gasteiger charge is 2.37. The van der Waals surface area contributed by atoms with Crippen molar-refractivity contribution in [1.82, 2.24) is 20.2 Å². The van der Waals surface area contributed by atoms with Crippen molar-refractivity contribution in [1.29, 1.82) is 0 Å². The van der Waals surface area contributed by atoms with Gasteiger partial charge in [-0.2, -0.15) is 9.97 Å². The third-order valence-corrected chi connectivity index (χ3v) is 7.60. The molecule has 2 aromatic rings. The molecule has 1 aromatic carbocycles. The Hall–Kier alpha value is -1.74. The summed E-state index contributed by atoms with van der Waals surface area (Å²) in [5, 5.41) is 4.63. The molecule has 172 valence electrons. The fourth-order valence-electron chi connectivity index (χ4n) is 5.89. The molecule has 32 heavy (non-hydrogen) atoms. The normalized spacial score (nSPS) is 29.8. The molecule has 4 saturated heterocycles. The Morgan fingerprint density at radius 2 is 1.84 bits per heavy atom. The Morgan fingerprint density at radius 3 is 2.59 bits per heavy atom. The van der Waals surface area contributed by atoms with E-state index in [4.69, 9.17) is 26.1 Å². The minimum Gasteiger partial charge on any atom is -0.463 e. The van der Waals surface area contributed by atoms with Crippen LogP contribution in [0.5, 0.6) is 6.01 Å². The number of benzene rings is 1. The summed E-state index contributed by atoms with van der Waals surface area (Å²) in [6.45, 7) is 4.84. The molecule has 1 aromatic heterocycles. The Bertz CT molecular complexity index is 982. The number of ether oxygens (including phenoxy) is 2. The van der Waals surface area contributed by atoms with Crippen LogP contribution in [0.3, 0.4) is 0 Å². The van der Waals surface area contributed by atoms with Gasteiger partial charge in [0, 0.05) is 54.2 Å². The van der Waals surface area contributed by atoms with Crippen molar-refractivity contribution in [3.05, 3.63) is 23.0 Å². The number of rotatable bonds is 6. The first kappa shape index (κ1) is 20.8. The van der Waals surface area contributed by atoms with Gasteiger partial charge in [0.2, 0.25) is 0 Å². The Kier molecular flexibility index (Phi) is 5.57. The molecule has 4 bridgehead atoms. The molecule has 0 amide bonds. The van der Waals surface area contributed by atoms with Gasteiger partial charge in [-0.15, -0.1) is 0 Å². The molecule has 5 heterocycles. The smallest absolute Gasteiger partial charge is 0.319 e. The first-order valence-corrected chi connectivity index (χ1v) is 12.2. The summed E-state index contributed by atoms with van der Waals surface area (Å²) in [5.74, 6) is 0.278. The highest BCUT2D eigenvalue weighted by molar-refractivity contribution is 6.31. The number of anilines is 1. The zero-order chi connectivity index (χ0) is 21.7. The molecule has 1 N–H and O–H groups in total. The first-order chi connectivity index (χ1) is 15.6. The number of aromatic nitrogens is 2. The number of fused-ring (bicyclic) bond motifs is 5. The van der Waals surface area contributed by atoms with Crippen LogP contribution in [0.25, 0.3) is 10.9 Å². The molecule has 4 aliphatic rings. The molecule has 9 heteroatoms. The lowest BCUT2D eigenvalue weighted by Gasteiger charge is -2.34. The van der Waals surface area contributed by atoms with Crippen molar-refractivity contribution in [2.75, 3.05) is 44.4 Å². The SMILES string of the molecule is Fc1cc(Cl)cc2c(N3C[C@H]4CC[C@@H](C3)N4)nc(OCCCN3C4CCC3COC4)nc12. The molecule has 6 rings (SSSR count). The van der Waals surface area contributed by atoms with E-state index in [1.165, 1.54) is 18.9 Å². The summed E-state index contributed by atoms with van der Waals surface area (Å²) in [4.78, 5) is 13.9. The van der Waals surface area contributed by atoms with Gasteiger partial charge in [0.05, 0.1) is 19.8 Å². The van der Waals surface area contributed by atoms with Gasteiger partial charge in [0.1, 0.15) is 11.3 Å². The topological polar surface area (TPSA) is 62.8 Å². The fourth-order valence-corrected chi connectivity index (χ4v) is 6.09. The van der Waals surface area contributed by atoms with Gasteiger partial charge in [-0.3, -0.25) is 4.90 Å². The van der Waals surface area contributed by atoms with Gasteiger partial charge >= 0.3 is 6.01 Å². The van der Waals surface area contributed by atoms with Crippen LogP contribution < -0.4 is 15.0 Å². The van der Waals surface area contributed by atoms with E-state index in [0.29, 0.717) is 41.2 Å². The van der Waals surface area contributed by atoms with Crippen molar-refractivity contribution < 1.29 is 13.9 Å². The van der Waals surface area contributed by atoms with Crippen LogP contribution in [0.2, 0.25) is 5.02 Å². The molecule has 4 atom stereocenters. The maximum Gasteiger partial charge on any atom is 0.319 e. The maximum atomic E-state index is 14.8. The van der Waals surface area contributed by atoms with Gasteiger partial charge < -0.3 is 19.7 Å². The van der Waals surface area contributed by atoms with E-state index in [0.717, 1.165) is 57.9 Å². The molecule has 0 radical (unpaired) electrons. The second-order valence-electron chi connectivity index (χ2n) is 9.52. The van der Waals surface area contributed by atoms with E-state index < -0.39 is 5.82 Å². The molecular weight excluding hydrogens is 433 g/mol. The summed E-state index contributed by atoms with van der Waals surface area (Å²) in [6.07, 6.45) is 5.64. The molecule has 4 fully saturated rings. The standard InChI is InChI=1S/C23H29ClFN5O2/c24-14-8-19-21(20(25)9-14)27-23(28-22(19)29-10-15-2-3-16(11-29)26-15)32-7-1-6-30-17-4-5-18(30)13-31-12-17/h8-9,15-18,26H,1-7,10-13H2/t15-,16+,17?,18?. The Balaban J connectivity index is 1.20. The summed E-state index contributed by atoms with van der Waals surface area (Å²) in [7, 11) is 0. The van der Waals surface area contributed by atoms with Crippen LogP contribution in [0.1, 0.15) is 32.1 Å². The van der Waals surface area contributed by atoms with Crippen LogP contribution in [0.4, 0.5) is 10.2 Å². The van der Waals surface area contributed by atoms with E-state index in [1.807, 2.05) is 0 Å². The zero-order valence-corrected chi connectivity index (χ0v) is 18.9. The summed E-state index contributed by atoms with van der Waals surface area (Å²) >= 11 is 6.18. The number of piperazine rings is 1. The lowest BCUT2D eigenvalue weighted by atomic mass is 10.1. The molecule has 0 saturated carbocycles. The minimum atomic E-state index is -0.441.